The Morgan fingerprint density at radius 3 is 3.00 bits per heavy atom. The van der Waals surface area contributed by atoms with Crippen LogP contribution in [-0.4, -0.2) is 23.4 Å². The van der Waals surface area contributed by atoms with Crippen LogP contribution in [-0.2, 0) is 0 Å². The van der Waals surface area contributed by atoms with Gasteiger partial charge >= 0.3 is 0 Å². The highest BCUT2D eigenvalue weighted by Gasteiger charge is 2.07. The van der Waals surface area contributed by atoms with Gasteiger partial charge in [-0.25, -0.2) is 4.98 Å². The number of nitrogens with two attached hydrogens (primary N) is 1. The van der Waals surface area contributed by atoms with Crippen molar-refractivity contribution in [2.75, 3.05) is 18.3 Å². The van der Waals surface area contributed by atoms with Crippen LogP contribution in [0.4, 0.5) is 10.9 Å². The molecule has 0 aliphatic heterocycles. The van der Waals surface area contributed by atoms with E-state index in [1.165, 1.54) is 18.4 Å². The van der Waals surface area contributed by atoms with Crippen molar-refractivity contribution < 1.29 is 9.84 Å². The molecular weight excluding hydrogens is 379 g/mol. The van der Waals surface area contributed by atoms with E-state index in [9.17, 15) is 5.11 Å². The molecule has 0 bridgehead atoms. The molecule has 0 saturated heterocycles. The minimum absolute atomic E-state index is 0.126. The maximum Gasteiger partial charge on any atom is 0.205 e. The van der Waals surface area contributed by atoms with Crippen LogP contribution in [0.1, 0.15) is 5.56 Å². The Hall–Kier alpha value is -1.55. The lowest BCUT2D eigenvalue weighted by molar-refractivity contribution is 0.371. The number of nitrogen functional groups attached to an aromatic ring is 1. The Labute approximate surface area is 127 Å². The van der Waals surface area contributed by atoms with Crippen LogP contribution < -0.4 is 15.9 Å². The number of anilines is 2. The number of thiazole rings is 1. The molecule has 0 radical (unpaired) electrons. The van der Waals surface area contributed by atoms with Crippen molar-refractivity contribution in [2.24, 2.45) is 5.10 Å². The summed E-state index contributed by atoms with van der Waals surface area (Å²) in [5.41, 5.74) is 9.08. The number of nitrogens with one attached hydrogen (secondary N) is 1. The van der Waals surface area contributed by atoms with Crippen LogP contribution in [0, 0.1) is 3.57 Å². The normalized spacial score (nSPS) is 10.8. The van der Waals surface area contributed by atoms with Gasteiger partial charge in [0.05, 0.1) is 16.9 Å². The van der Waals surface area contributed by atoms with Gasteiger partial charge in [-0.3, -0.25) is 5.43 Å². The third kappa shape index (κ3) is 3.47. The number of rotatable bonds is 4. The Kier molecular flexibility index (Phi) is 4.43. The maximum absolute atomic E-state index is 9.71. The highest BCUT2D eigenvalue weighted by molar-refractivity contribution is 14.1. The summed E-state index contributed by atoms with van der Waals surface area (Å²) in [6.45, 7) is 0. The third-order valence-electron chi connectivity index (χ3n) is 2.17. The zero-order valence-electron chi connectivity index (χ0n) is 9.92. The van der Waals surface area contributed by atoms with Gasteiger partial charge in [0, 0.05) is 5.38 Å². The predicted octanol–water partition coefficient (Wildman–Crippen LogP) is 2.49. The summed E-state index contributed by atoms with van der Waals surface area (Å²) in [4.78, 5) is 4.01. The molecule has 1 aromatic carbocycles. The lowest BCUT2D eigenvalue weighted by atomic mass is 10.2. The van der Waals surface area contributed by atoms with Crippen LogP contribution in [0.15, 0.2) is 22.6 Å². The second-order valence-electron chi connectivity index (χ2n) is 3.50. The van der Waals surface area contributed by atoms with E-state index in [1.807, 2.05) is 22.6 Å². The highest BCUT2D eigenvalue weighted by atomic mass is 127. The number of ether oxygens (including phenoxy) is 1. The molecule has 19 heavy (non-hydrogen) atoms. The number of methoxy groups -OCH3 is 1. The number of hydrogen-bond acceptors (Lipinski definition) is 7. The Bertz CT molecular complexity index is 615. The molecule has 0 amide bonds. The first kappa shape index (κ1) is 13.9. The van der Waals surface area contributed by atoms with Crippen molar-refractivity contribution in [2.45, 2.75) is 0 Å². The fraction of sp³-hybridized carbons (Fsp3) is 0.0909. The number of hydrazone groups is 1. The van der Waals surface area contributed by atoms with Gasteiger partial charge in [-0.2, -0.15) is 5.10 Å². The van der Waals surface area contributed by atoms with Crippen molar-refractivity contribution in [1.82, 2.24) is 4.98 Å². The molecule has 0 saturated carbocycles. The molecule has 6 nitrogen and oxygen atoms in total. The topological polar surface area (TPSA) is 92.8 Å². The Morgan fingerprint density at radius 1 is 1.58 bits per heavy atom. The van der Waals surface area contributed by atoms with Gasteiger partial charge in [0.25, 0.3) is 0 Å². The molecule has 0 fully saturated rings. The molecule has 1 aromatic heterocycles. The van der Waals surface area contributed by atoms with Crippen LogP contribution in [0.2, 0.25) is 0 Å². The van der Waals surface area contributed by atoms with Gasteiger partial charge in [0.2, 0.25) is 5.13 Å². The largest absolute Gasteiger partial charge is 0.504 e. The zero-order chi connectivity index (χ0) is 13.8. The molecule has 4 N–H and O–H groups in total. The predicted molar refractivity (Wildman–Crippen MR) is 85.1 cm³/mol. The van der Waals surface area contributed by atoms with Crippen molar-refractivity contribution in [3.05, 3.63) is 26.6 Å². The second kappa shape index (κ2) is 6.06. The molecule has 2 aromatic rings. The van der Waals surface area contributed by atoms with Crippen LogP contribution >= 0.6 is 33.9 Å². The molecule has 100 valence electrons. The second-order valence-corrected chi connectivity index (χ2v) is 5.52. The average Bonchev–Trinajstić information content (AvgIpc) is 2.79. The van der Waals surface area contributed by atoms with E-state index < -0.39 is 0 Å². The van der Waals surface area contributed by atoms with Gasteiger partial charge in [-0.15, -0.1) is 11.3 Å². The van der Waals surface area contributed by atoms with Gasteiger partial charge in [0.1, 0.15) is 5.82 Å². The molecule has 0 unspecified atom stereocenters. The van der Waals surface area contributed by atoms with Crippen molar-refractivity contribution >= 4 is 51.1 Å². The number of phenolic OH excluding ortho intramolecular Hbond substituents is 1. The molecule has 1 heterocycles. The Morgan fingerprint density at radius 2 is 2.37 bits per heavy atom. The van der Waals surface area contributed by atoms with Gasteiger partial charge in [0.15, 0.2) is 11.5 Å². The van der Waals surface area contributed by atoms with Gasteiger partial charge in [-0.05, 0) is 40.3 Å². The lowest BCUT2D eigenvalue weighted by Gasteiger charge is -2.06. The van der Waals surface area contributed by atoms with E-state index in [0.29, 0.717) is 20.3 Å². The highest BCUT2D eigenvalue weighted by Crippen LogP contribution is 2.31. The average molecular weight is 390 g/mol. The molecule has 2 rings (SSSR count). The third-order valence-corrected chi connectivity index (χ3v) is 3.75. The van der Waals surface area contributed by atoms with Crippen LogP contribution in [0.25, 0.3) is 0 Å². The van der Waals surface area contributed by atoms with Crippen molar-refractivity contribution in [3.8, 4) is 11.5 Å². The van der Waals surface area contributed by atoms with Crippen LogP contribution in [0.5, 0.6) is 11.5 Å². The number of aromatic hydroxyl groups is 1. The monoisotopic (exact) mass is 390 g/mol. The van der Waals surface area contributed by atoms with E-state index in [-0.39, 0.29) is 5.75 Å². The fourth-order valence-corrected chi connectivity index (χ4v) is 2.50. The standard InChI is InChI=1S/C11H11IN4O2S/c1-18-8-3-6(2-7(12)10(8)17)4-14-16-11-15-9(13)5-19-11/h2-5,17H,13H2,1H3,(H,15,16). The number of benzene rings is 1. The van der Waals surface area contributed by atoms with Crippen LogP contribution in [0.3, 0.4) is 0 Å². The van der Waals surface area contributed by atoms with Crippen molar-refractivity contribution in [3.63, 3.8) is 0 Å². The molecule has 0 spiro atoms. The summed E-state index contributed by atoms with van der Waals surface area (Å²) >= 11 is 3.40. The number of halogens is 1. The van der Waals surface area contributed by atoms with E-state index in [0.717, 1.165) is 5.56 Å². The number of aromatic nitrogens is 1. The first-order chi connectivity index (χ1) is 9.10. The summed E-state index contributed by atoms with van der Waals surface area (Å²) in [6, 6.07) is 3.48. The Balaban J connectivity index is 2.12. The van der Waals surface area contributed by atoms with E-state index >= 15 is 0 Å². The van der Waals surface area contributed by atoms with Gasteiger partial charge < -0.3 is 15.6 Å². The van der Waals surface area contributed by atoms with Gasteiger partial charge in [-0.1, -0.05) is 0 Å². The summed E-state index contributed by atoms with van der Waals surface area (Å²) in [7, 11) is 1.50. The first-order valence-corrected chi connectivity index (χ1v) is 7.12. The lowest BCUT2D eigenvalue weighted by Crippen LogP contribution is -1.93. The molecule has 0 aliphatic carbocycles. The maximum atomic E-state index is 9.71. The fourth-order valence-electron chi connectivity index (χ4n) is 1.32. The summed E-state index contributed by atoms with van der Waals surface area (Å²) in [5, 5.41) is 16.1. The number of hydrogen-bond donors (Lipinski definition) is 3. The summed E-state index contributed by atoms with van der Waals surface area (Å²) in [5.74, 6) is 0.997. The zero-order valence-corrected chi connectivity index (χ0v) is 12.9. The SMILES string of the molecule is COc1cc(C=NNc2nc(N)cs2)cc(I)c1O. The first-order valence-electron chi connectivity index (χ1n) is 5.16. The minimum atomic E-state index is 0.126. The summed E-state index contributed by atoms with van der Waals surface area (Å²) < 4.78 is 5.76. The quantitative estimate of drug-likeness (QED) is 0.424. The number of phenols is 1. The smallest absolute Gasteiger partial charge is 0.205 e. The summed E-state index contributed by atoms with van der Waals surface area (Å²) in [6.07, 6.45) is 1.61. The van der Waals surface area contributed by atoms with E-state index in [1.54, 1.807) is 23.7 Å². The van der Waals surface area contributed by atoms with E-state index in [4.69, 9.17) is 10.5 Å². The molecule has 0 atom stereocenters. The minimum Gasteiger partial charge on any atom is -0.504 e. The molecular formula is C11H11IN4O2S. The number of nitrogens with zero attached hydrogens (tertiary/aromatic N) is 2. The van der Waals surface area contributed by atoms with E-state index in [2.05, 4.69) is 15.5 Å². The molecule has 0 aliphatic rings. The van der Waals surface area contributed by atoms with Crippen molar-refractivity contribution in [1.29, 1.82) is 0 Å². The molecule has 8 heteroatoms.